The summed E-state index contributed by atoms with van der Waals surface area (Å²) in [7, 11) is 2.72. The molecule has 0 unspecified atom stereocenters. The second-order valence-corrected chi connectivity index (χ2v) is 6.68. The molecule has 0 bridgehead atoms. The van der Waals surface area contributed by atoms with Gasteiger partial charge in [-0.1, -0.05) is 29.8 Å². The monoisotopic (exact) mass is 420 g/mol. The van der Waals surface area contributed by atoms with Crippen molar-refractivity contribution in [2.45, 2.75) is 0 Å². The minimum absolute atomic E-state index is 0.0253. The number of benzene rings is 2. The van der Waals surface area contributed by atoms with Crippen molar-refractivity contribution in [1.82, 2.24) is 13.7 Å². The Bertz CT molecular complexity index is 1220. The van der Waals surface area contributed by atoms with Gasteiger partial charge in [-0.2, -0.15) is 0 Å². The zero-order valence-corrected chi connectivity index (χ0v) is 16.3. The van der Waals surface area contributed by atoms with E-state index in [0.717, 1.165) is 21.3 Å². The first-order valence-corrected chi connectivity index (χ1v) is 8.76. The number of nitrogens with zero attached hydrogens (tertiary/aromatic N) is 3. The SMILES string of the molecule is Cn1c(=S)n(C)c(=O)n(-c2cc(C(=O)Nc3ccccc3)c(Cl)cc2F)c1=O. The van der Waals surface area contributed by atoms with Gasteiger partial charge in [-0.05, 0) is 36.5 Å². The van der Waals surface area contributed by atoms with Gasteiger partial charge < -0.3 is 5.32 Å². The third kappa shape index (κ3) is 3.41. The van der Waals surface area contributed by atoms with Gasteiger partial charge in [0.05, 0.1) is 16.3 Å². The molecule has 144 valence electrons. The molecule has 0 saturated carbocycles. The van der Waals surface area contributed by atoms with Crippen LogP contribution in [0.4, 0.5) is 10.1 Å². The molecule has 0 aliphatic carbocycles. The van der Waals surface area contributed by atoms with Crippen molar-refractivity contribution < 1.29 is 9.18 Å². The molecule has 0 radical (unpaired) electrons. The van der Waals surface area contributed by atoms with Crippen LogP contribution in [-0.4, -0.2) is 19.6 Å². The van der Waals surface area contributed by atoms with Crippen LogP contribution in [0.5, 0.6) is 0 Å². The normalized spacial score (nSPS) is 10.7. The van der Waals surface area contributed by atoms with Crippen LogP contribution in [0.15, 0.2) is 52.1 Å². The van der Waals surface area contributed by atoms with E-state index in [0.29, 0.717) is 10.3 Å². The third-order valence-electron chi connectivity index (χ3n) is 4.08. The molecule has 1 amide bonds. The zero-order valence-electron chi connectivity index (χ0n) is 14.8. The van der Waals surface area contributed by atoms with Gasteiger partial charge in [-0.15, -0.1) is 0 Å². The molecule has 1 N–H and O–H groups in total. The first-order valence-electron chi connectivity index (χ1n) is 7.97. The van der Waals surface area contributed by atoms with E-state index in [-0.39, 0.29) is 15.4 Å². The summed E-state index contributed by atoms with van der Waals surface area (Å²) in [6, 6.07) is 10.5. The number of hydrogen-bond donors (Lipinski definition) is 1. The molecule has 0 aliphatic rings. The van der Waals surface area contributed by atoms with Gasteiger partial charge in [0.2, 0.25) is 0 Å². The lowest BCUT2D eigenvalue weighted by Gasteiger charge is -2.13. The van der Waals surface area contributed by atoms with Crippen molar-refractivity contribution in [3.05, 3.63) is 84.6 Å². The summed E-state index contributed by atoms with van der Waals surface area (Å²) >= 11 is 11.0. The van der Waals surface area contributed by atoms with Crippen LogP contribution in [-0.2, 0) is 14.1 Å². The van der Waals surface area contributed by atoms with Gasteiger partial charge in [-0.3, -0.25) is 13.9 Å². The number of amides is 1. The van der Waals surface area contributed by atoms with Gasteiger partial charge in [-0.25, -0.2) is 18.5 Å². The first-order chi connectivity index (χ1) is 13.2. The highest BCUT2D eigenvalue weighted by atomic mass is 35.5. The van der Waals surface area contributed by atoms with E-state index in [1.54, 1.807) is 30.3 Å². The van der Waals surface area contributed by atoms with E-state index < -0.39 is 28.8 Å². The fourth-order valence-corrected chi connectivity index (χ4v) is 2.97. The summed E-state index contributed by atoms with van der Waals surface area (Å²) in [4.78, 5) is 37.6. The van der Waals surface area contributed by atoms with Crippen LogP contribution < -0.4 is 16.7 Å². The minimum Gasteiger partial charge on any atom is -0.322 e. The van der Waals surface area contributed by atoms with E-state index >= 15 is 0 Å². The molecule has 1 aromatic heterocycles. The number of rotatable bonds is 3. The topological polar surface area (TPSA) is 78.0 Å². The number of carbonyl (C=O) groups is 1. The molecular formula is C18H14ClFN4O3S. The Hall–Kier alpha value is -3.04. The average molecular weight is 421 g/mol. The largest absolute Gasteiger partial charge is 0.338 e. The maximum atomic E-state index is 14.6. The molecule has 10 heteroatoms. The van der Waals surface area contributed by atoms with E-state index in [1.807, 2.05) is 0 Å². The van der Waals surface area contributed by atoms with Gasteiger partial charge >= 0.3 is 11.4 Å². The number of carbonyl (C=O) groups excluding carboxylic acids is 1. The van der Waals surface area contributed by atoms with E-state index in [4.69, 9.17) is 23.8 Å². The fourth-order valence-electron chi connectivity index (χ4n) is 2.58. The maximum Gasteiger partial charge on any atom is 0.338 e. The predicted molar refractivity (Wildman–Crippen MR) is 106 cm³/mol. The Morgan fingerprint density at radius 1 is 1.07 bits per heavy atom. The molecule has 1 heterocycles. The Morgan fingerprint density at radius 3 is 2.21 bits per heavy atom. The van der Waals surface area contributed by atoms with Gasteiger partial charge in [0, 0.05) is 19.8 Å². The van der Waals surface area contributed by atoms with Crippen LogP contribution in [0.25, 0.3) is 5.69 Å². The van der Waals surface area contributed by atoms with Crippen molar-refractivity contribution in [2.24, 2.45) is 14.1 Å². The summed E-state index contributed by atoms with van der Waals surface area (Å²) in [5, 5.41) is 2.46. The Balaban J connectivity index is 2.19. The lowest BCUT2D eigenvalue weighted by atomic mass is 10.1. The lowest BCUT2D eigenvalue weighted by Crippen LogP contribution is -2.44. The van der Waals surface area contributed by atoms with E-state index in [9.17, 15) is 18.8 Å². The van der Waals surface area contributed by atoms with Gasteiger partial charge in [0.1, 0.15) is 5.82 Å². The highest BCUT2D eigenvalue weighted by molar-refractivity contribution is 7.71. The van der Waals surface area contributed by atoms with Crippen molar-refractivity contribution in [2.75, 3.05) is 5.32 Å². The highest BCUT2D eigenvalue weighted by Crippen LogP contribution is 2.23. The second kappa shape index (κ2) is 7.53. The lowest BCUT2D eigenvalue weighted by molar-refractivity contribution is 0.102. The van der Waals surface area contributed by atoms with Crippen molar-refractivity contribution in [1.29, 1.82) is 0 Å². The van der Waals surface area contributed by atoms with Crippen LogP contribution in [0.1, 0.15) is 10.4 Å². The Kier molecular flexibility index (Phi) is 5.30. The van der Waals surface area contributed by atoms with Crippen molar-refractivity contribution >= 4 is 35.4 Å². The molecule has 0 saturated heterocycles. The van der Waals surface area contributed by atoms with E-state index in [2.05, 4.69) is 5.32 Å². The summed E-state index contributed by atoms with van der Waals surface area (Å²) in [5.41, 5.74) is -1.68. The molecule has 3 rings (SSSR count). The number of nitrogens with one attached hydrogen (secondary N) is 1. The Morgan fingerprint density at radius 2 is 1.64 bits per heavy atom. The average Bonchev–Trinajstić information content (AvgIpc) is 2.67. The quantitative estimate of drug-likeness (QED) is 0.661. The predicted octanol–water partition coefficient (Wildman–Crippen LogP) is 2.65. The smallest absolute Gasteiger partial charge is 0.322 e. The molecule has 2 aromatic carbocycles. The zero-order chi connectivity index (χ0) is 20.6. The summed E-state index contributed by atoms with van der Waals surface area (Å²) in [6.45, 7) is 0. The van der Waals surface area contributed by atoms with E-state index in [1.165, 1.54) is 14.1 Å². The summed E-state index contributed by atoms with van der Waals surface area (Å²) < 4.78 is 17.2. The summed E-state index contributed by atoms with van der Waals surface area (Å²) in [5.74, 6) is -1.55. The number of halogens is 2. The third-order valence-corrected chi connectivity index (χ3v) is 4.94. The molecule has 0 fully saturated rings. The minimum atomic E-state index is -0.933. The summed E-state index contributed by atoms with van der Waals surface area (Å²) in [6.07, 6.45) is 0. The molecule has 28 heavy (non-hydrogen) atoms. The van der Waals surface area contributed by atoms with Gasteiger partial charge in [0.15, 0.2) is 4.77 Å². The molecule has 0 aliphatic heterocycles. The molecule has 0 atom stereocenters. The molecule has 3 aromatic rings. The van der Waals surface area contributed by atoms with Crippen molar-refractivity contribution in [3.63, 3.8) is 0 Å². The number of aromatic nitrogens is 3. The number of para-hydroxylation sites is 1. The van der Waals surface area contributed by atoms with Crippen LogP contribution in [0.2, 0.25) is 5.02 Å². The fraction of sp³-hybridized carbons (Fsp3) is 0.111. The molecule has 0 spiro atoms. The van der Waals surface area contributed by atoms with Crippen LogP contribution in [0.3, 0.4) is 0 Å². The number of hydrogen-bond acceptors (Lipinski definition) is 4. The van der Waals surface area contributed by atoms with Crippen LogP contribution >= 0.6 is 23.8 Å². The first kappa shape index (κ1) is 19.7. The van der Waals surface area contributed by atoms with Crippen LogP contribution in [0, 0.1) is 10.6 Å². The standard InChI is InChI=1S/C18H14ClFN4O3S/c1-22-16(26)24(17(27)23(2)18(22)28)14-8-11(12(19)9-13(14)20)15(25)21-10-6-4-3-5-7-10/h3-9H,1-2H3,(H,21,25). The molecular weight excluding hydrogens is 407 g/mol. The Labute approximate surface area is 168 Å². The highest BCUT2D eigenvalue weighted by Gasteiger charge is 2.20. The molecule has 7 nitrogen and oxygen atoms in total. The van der Waals surface area contributed by atoms with Gasteiger partial charge in [0.25, 0.3) is 5.91 Å². The van der Waals surface area contributed by atoms with Crippen molar-refractivity contribution in [3.8, 4) is 5.69 Å². The maximum absolute atomic E-state index is 14.6. The number of anilines is 1. The second-order valence-electron chi connectivity index (χ2n) is 5.90.